The molecular weight excluding hydrogens is 464 g/mol. The van der Waals surface area contributed by atoms with Crippen LogP contribution in [0.3, 0.4) is 0 Å². The molecule has 3 aliphatic rings. The van der Waals surface area contributed by atoms with Crippen molar-refractivity contribution < 1.29 is 9.59 Å². The van der Waals surface area contributed by atoms with Crippen LogP contribution < -0.4 is 10.2 Å². The summed E-state index contributed by atoms with van der Waals surface area (Å²) in [6.07, 6.45) is 0.313. The number of hydrogen-bond acceptors (Lipinski definition) is 6. The molecule has 2 aromatic carbocycles. The highest BCUT2D eigenvalue weighted by Gasteiger charge is 2.48. The van der Waals surface area contributed by atoms with E-state index in [9.17, 15) is 9.59 Å². The molecule has 2 unspecified atom stereocenters. The molecule has 2 fully saturated rings. The number of carbonyl (C=O) groups is 2. The smallest absolute Gasteiger partial charge is 0.325 e. The number of piperazine rings is 1. The van der Waals surface area contributed by atoms with Crippen molar-refractivity contribution >= 4 is 35.1 Å². The largest absolute Gasteiger partial charge is 0.369 e. The van der Waals surface area contributed by atoms with Crippen molar-refractivity contribution in [3.05, 3.63) is 64.7 Å². The Morgan fingerprint density at radius 1 is 1.06 bits per heavy atom. The minimum Gasteiger partial charge on any atom is -0.369 e. The van der Waals surface area contributed by atoms with E-state index in [4.69, 9.17) is 16.6 Å². The SMILES string of the molecule is Cc1ccc(Cl)cc1N1CCN(CC2=NC3C(C(=O)NC(=O)N3C)N2CCc2ccccc2)CC1. The van der Waals surface area contributed by atoms with E-state index in [2.05, 4.69) is 45.1 Å². The molecule has 35 heavy (non-hydrogen) atoms. The zero-order chi connectivity index (χ0) is 24.5. The third kappa shape index (κ3) is 4.86. The van der Waals surface area contributed by atoms with Crippen molar-refractivity contribution in [3.63, 3.8) is 0 Å². The zero-order valence-electron chi connectivity index (χ0n) is 20.2. The number of likely N-dealkylation sites (N-methyl/N-ethyl adjacent to an activating group) is 1. The minimum absolute atomic E-state index is 0.272. The van der Waals surface area contributed by atoms with E-state index in [1.54, 1.807) is 7.05 Å². The van der Waals surface area contributed by atoms with Crippen molar-refractivity contribution in [2.24, 2.45) is 4.99 Å². The van der Waals surface area contributed by atoms with E-state index in [0.717, 1.165) is 43.5 Å². The van der Waals surface area contributed by atoms with Crippen LogP contribution in [-0.4, -0.2) is 91.0 Å². The highest BCUT2D eigenvalue weighted by Crippen LogP contribution is 2.27. The molecule has 0 spiro atoms. The maximum Gasteiger partial charge on any atom is 0.325 e. The number of nitrogens with one attached hydrogen (secondary N) is 1. The van der Waals surface area contributed by atoms with Crippen LogP contribution in [0, 0.1) is 6.92 Å². The lowest BCUT2D eigenvalue weighted by atomic mass is 10.1. The average molecular weight is 495 g/mol. The van der Waals surface area contributed by atoms with Crippen LogP contribution in [0.2, 0.25) is 5.02 Å². The number of rotatable bonds is 6. The van der Waals surface area contributed by atoms with E-state index in [1.807, 2.05) is 30.3 Å². The number of fused-ring (bicyclic) bond motifs is 1. The lowest BCUT2D eigenvalue weighted by Gasteiger charge is -2.39. The molecule has 1 N–H and O–H groups in total. The molecule has 0 bridgehead atoms. The van der Waals surface area contributed by atoms with Crippen LogP contribution in [0.15, 0.2) is 53.5 Å². The van der Waals surface area contributed by atoms with Gasteiger partial charge in [0.15, 0.2) is 12.2 Å². The summed E-state index contributed by atoms with van der Waals surface area (Å²) in [4.78, 5) is 38.4. The lowest BCUT2D eigenvalue weighted by Crippen LogP contribution is -2.64. The molecule has 0 radical (unpaired) electrons. The molecule has 3 aliphatic heterocycles. The van der Waals surface area contributed by atoms with Gasteiger partial charge >= 0.3 is 6.03 Å². The molecule has 0 saturated carbocycles. The number of anilines is 1. The van der Waals surface area contributed by atoms with Crippen LogP contribution in [0.5, 0.6) is 0 Å². The Balaban J connectivity index is 1.29. The first-order valence-electron chi connectivity index (χ1n) is 12.1. The molecule has 184 valence electrons. The number of carbonyl (C=O) groups excluding carboxylic acids is 2. The van der Waals surface area contributed by atoms with Gasteiger partial charge in [-0.15, -0.1) is 0 Å². The van der Waals surface area contributed by atoms with Crippen molar-refractivity contribution in [1.29, 1.82) is 0 Å². The van der Waals surface area contributed by atoms with E-state index in [-0.39, 0.29) is 5.91 Å². The fraction of sp³-hybridized carbons (Fsp3) is 0.423. The quantitative estimate of drug-likeness (QED) is 0.668. The molecule has 2 atom stereocenters. The van der Waals surface area contributed by atoms with Crippen molar-refractivity contribution in [2.45, 2.75) is 25.6 Å². The predicted molar refractivity (Wildman–Crippen MR) is 138 cm³/mol. The topological polar surface area (TPSA) is 71.5 Å². The van der Waals surface area contributed by atoms with E-state index < -0.39 is 18.2 Å². The van der Waals surface area contributed by atoms with Gasteiger partial charge < -0.3 is 14.7 Å². The first-order chi connectivity index (χ1) is 16.9. The van der Waals surface area contributed by atoms with Crippen LogP contribution in [0.1, 0.15) is 11.1 Å². The normalized spacial score (nSPS) is 22.8. The summed E-state index contributed by atoms with van der Waals surface area (Å²) < 4.78 is 0. The number of aliphatic imine (C=N–C) groups is 1. The second kappa shape index (κ2) is 9.87. The number of nitrogens with zero attached hydrogens (tertiary/aromatic N) is 5. The van der Waals surface area contributed by atoms with E-state index in [1.165, 1.54) is 21.7 Å². The van der Waals surface area contributed by atoms with Crippen LogP contribution in [-0.2, 0) is 11.2 Å². The molecule has 0 aromatic heterocycles. The molecule has 9 heteroatoms. The van der Waals surface area contributed by atoms with Gasteiger partial charge in [0.2, 0.25) is 0 Å². The number of halogens is 1. The Hall–Kier alpha value is -3.10. The Morgan fingerprint density at radius 2 is 1.80 bits per heavy atom. The Labute approximate surface area is 211 Å². The summed E-state index contributed by atoms with van der Waals surface area (Å²) in [6, 6.07) is 15.4. The monoisotopic (exact) mass is 494 g/mol. The van der Waals surface area contributed by atoms with E-state index in [0.29, 0.717) is 13.1 Å². The zero-order valence-corrected chi connectivity index (χ0v) is 20.9. The molecular formula is C26H31ClN6O2. The van der Waals surface area contributed by atoms with Gasteiger partial charge in [-0.25, -0.2) is 9.79 Å². The van der Waals surface area contributed by atoms with Crippen LogP contribution in [0.4, 0.5) is 10.5 Å². The van der Waals surface area contributed by atoms with Gasteiger partial charge in [-0.2, -0.15) is 0 Å². The first-order valence-corrected chi connectivity index (χ1v) is 12.5. The predicted octanol–water partition coefficient (Wildman–Crippen LogP) is 2.60. The molecule has 2 saturated heterocycles. The third-order valence-corrected chi connectivity index (χ3v) is 7.42. The van der Waals surface area contributed by atoms with Gasteiger partial charge in [0.05, 0.1) is 6.54 Å². The number of imide groups is 1. The number of aryl methyl sites for hydroxylation is 1. The fourth-order valence-electron chi connectivity index (χ4n) is 5.15. The minimum atomic E-state index is -0.494. The van der Waals surface area contributed by atoms with Gasteiger partial charge in [0.1, 0.15) is 5.84 Å². The maximum atomic E-state index is 12.8. The van der Waals surface area contributed by atoms with Crippen LogP contribution in [0.25, 0.3) is 0 Å². The molecule has 8 nitrogen and oxygen atoms in total. The van der Waals surface area contributed by atoms with Gasteiger partial charge in [-0.3, -0.25) is 15.0 Å². The number of amides is 3. The van der Waals surface area contributed by atoms with Crippen molar-refractivity contribution in [1.82, 2.24) is 20.0 Å². The fourth-order valence-corrected chi connectivity index (χ4v) is 5.31. The van der Waals surface area contributed by atoms with Gasteiger partial charge in [-0.1, -0.05) is 48.0 Å². The molecule has 0 aliphatic carbocycles. The summed E-state index contributed by atoms with van der Waals surface area (Å²) >= 11 is 6.24. The van der Waals surface area contributed by atoms with Gasteiger partial charge in [0.25, 0.3) is 5.91 Å². The van der Waals surface area contributed by atoms with Gasteiger partial charge in [0, 0.05) is 50.5 Å². The summed E-state index contributed by atoms with van der Waals surface area (Å²) in [5.74, 6) is 0.603. The Morgan fingerprint density at radius 3 is 2.54 bits per heavy atom. The van der Waals surface area contributed by atoms with Crippen LogP contribution >= 0.6 is 11.6 Å². The van der Waals surface area contributed by atoms with Gasteiger partial charge in [-0.05, 0) is 36.6 Å². The van der Waals surface area contributed by atoms with E-state index >= 15 is 0 Å². The van der Waals surface area contributed by atoms with Crippen molar-refractivity contribution in [3.8, 4) is 0 Å². The lowest BCUT2D eigenvalue weighted by molar-refractivity contribution is -0.127. The second-order valence-corrected chi connectivity index (χ2v) is 9.87. The standard InChI is InChI=1S/C26H31ClN6O2/c1-18-8-9-20(27)16-21(18)32-14-12-31(13-15-32)17-22-28-24-23(25(34)29-26(35)30(24)2)33(22)11-10-19-6-4-3-5-7-19/h3-9,16,23-24H,10-15,17H2,1-2H3,(H,29,34,35). The highest BCUT2D eigenvalue weighted by molar-refractivity contribution is 6.30. The average Bonchev–Trinajstić information content (AvgIpc) is 3.22. The molecule has 5 rings (SSSR count). The Kier molecular flexibility index (Phi) is 6.67. The summed E-state index contributed by atoms with van der Waals surface area (Å²) in [5, 5.41) is 3.24. The summed E-state index contributed by atoms with van der Waals surface area (Å²) in [6.45, 7) is 6.98. The first kappa shape index (κ1) is 23.6. The second-order valence-electron chi connectivity index (χ2n) is 9.43. The molecule has 3 amide bonds. The summed E-state index contributed by atoms with van der Waals surface area (Å²) in [7, 11) is 1.70. The maximum absolute atomic E-state index is 12.8. The summed E-state index contributed by atoms with van der Waals surface area (Å²) in [5.41, 5.74) is 3.61. The number of amidine groups is 1. The number of urea groups is 1. The number of hydrogen-bond donors (Lipinski definition) is 1. The molecule has 3 heterocycles. The highest BCUT2D eigenvalue weighted by atomic mass is 35.5. The Bertz CT molecular complexity index is 1130. The molecule has 2 aromatic rings. The third-order valence-electron chi connectivity index (χ3n) is 7.18. The van der Waals surface area contributed by atoms with Crippen molar-refractivity contribution in [2.75, 3.05) is 51.2 Å². The number of benzene rings is 2.